The molecule has 2 saturated heterocycles. The summed E-state index contributed by atoms with van der Waals surface area (Å²) in [4.78, 5) is 62.5. The van der Waals surface area contributed by atoms with Crippen molar-refractivity contribution in [1.29, 1.82) is 0 Å². The number of carbonyl (C=O) groups is 5. The number of fused-ring (bicyclic) bond motifs is 1. The van der Waals surface area contributed by atoms with Crippen LogP contribution in [0.1, 0.15) is 85.5 Å². The van der Waals surface area contributed by atoms with E-state index in [9.17, 15) is 29.1 Å². The normalized spacial score (nSPS) is 26.1. The molecule has 0 spiro atoms. The average Bonchev–Trinajstić information content (AvgIpc) is 3.57. The van der Waals surface area contributed by atoms with E-state index in [2.05, 4.69) is 17.9 Å². The molecule has 228 valence electrons. The van der Waals surface area contributed by atoms with E-state index in [4.69, 9.17) is 9.84 Å². The minimum atomic E-state index is -0.935. The second-order valence-corrected chi connectivity index (χ2v) is 11.4. The summed E-state index contributed by atoms with van der Waals surface area (Å²) in [7, 11) is 0. The van der Waals surface area contributed by atoms with Crippen LogP contribution >= 0.6 is 12.6 Å². The Balaban J connectivity index is 0.000000337. The van der Waals surface area contributed by atoms with Crippen molar-refractivity contribution in [3.05, 3.63) is 0 Å². The summed E-state index contributed by atoms with van der Waals surface area (Å²) < 4.78 is 5.09. The number of carbonyl (C=O) groups excluding carboxylic acids is 3. The number of rotatable bonds is 11. The molecule has 0 aromatic rings. The number of nitrogens with zero attached hydrogens (tertiary/aromatic N) is 2. The van der Waals surface area contributed by atoms with E-state index in [0.717, 1.165) is 38.5 Å². The van der Waals surface area contributed by atoms with Gasteiger partial charge in [0.15, 0.2) is 0 Å². The van der Waals surface area contributed by atoms with Crippen molar-refractivity contribution in [2.45, 2.75) is 116 Å². The quantitative estimate of drug-likeness (QED) is 0.212. The highest BCUT2D eigenvalue weighted by atomic mass is 32.1. The standard InChI is InChI=1S/C19H32N2O5.C9H15NO3S/c1-4-8-14(19(25)26-5-2)20-12(3)17(22)21-15-10-7-6-9-13(15)11-16(21)18(23)24;1-6(5-14)8(11)10-4-2-3-7(10)9(12)13/h12-16,20H,4-11H2,1-3H3,(H,23,24);6-7,14H,2-5H2,1H3,(H,12,13)/t12-,13-,14-,15-,16-;6-,7+/m01/s1. The summed E-state index contributed by atoms with van der Waals surface area (Å²) in [6.45, 7) is 8.05. The molecule has 3 N–H and O–H groups in total. The van der Waals surface area contributed by atoms with E-state index in [1.54, 1.807) is 25.7 Å². The lowest BCUT2D eigenvalue weighted by Gasteiger charge is -2.35. The van der Waals surface area contributed by atoms with Gasteiger partial charge in [0.05, 0.1) is 12.6 Å². The van der Waals surface area contributed by atoms with Gasteiger partial charge in [-0.1, -0.05) is 33.1 Å². The molecule has 2 heterocycles. The van der Waals surface area contributed by atoms with Gasteiger partial charge in [0.1, 0.15) is 18.1 Å². The molecule has 0 aromatic carbocycles. The van der Waals surface area contributed by atoms with Crippen LogP contribution in [0, 0.1) is 11.8 Å². The largest absolute Gasteiger partial charge is 0.480 e. The highest BCUT2D eigenvalue weighted by Crippen LogP contribution is 2.40. The molecule has 0 bridgehead atoms. The van der Waals surface area contributed by atoms with Gasteiger partial charge in [-0.3, -0.25) is 19.7 Å². The smallest absolute Gasteiger partial charge is 0.326 e. The van der Waals surface area contributed by atoms with Crippen molar-refractivity contribution in [2.24, 2.45) is 11.8 Å². The number of amides is 2. The SMILES string of the molecule is CCC[C@H](N[C@@H](C)C(=O)N1[C@H](C(=O)O)C[C@@H]2CCCC[C@@H]21)C(=O)OCC.C[C@H](CS)C(=O)N1CCC[C@H]1C(=O)O. The van der Waals surface area contributed by atoms with Crippen molar-refractivity contribution in [2.75, 3.05) is 18.9 Å². The third-order valence-electron chi connectivity index (χ3n) is 8.11. The number of hydrogen-bond acceptors (Lipinski definition) is 8. The molecule has 0 aromatic heterocycles. The number of nitrogens with one attached hydrogen (secondary N) is 1. The van der Waals surface area contributed by atoms with Gasteiger partial charge in [0.25, 0.3) is 0 Å². The first-order valence-electron chi connectivity index (χ1n) is 14.6. The van der Waals surface area contributed by atoms with Crippen LogP contribution in [-0.4, -0.2) is 98.8 Å². The van der Waals surface area contributed by atoms with E-state index in [-0.39, 0.29) is 35.7 Å². The van der Waals surface area contributed by atoms with Crippen molar-refractivity contribution in [3.63, 3.8) is 0 Å². The number of likely N-dealkylation sites (tertiary alicyclic amines) is 2. The van der Waals surface area contributed by atoms with Crippen LogP contribution in [-0.2, 0) is 28.7 Å². The Morgan fingerprint density at radius 3 is 2.17 bits per heavy atom. The number of thiol groups is 1. The number of esters is 1. The van der Waals surface area contributed by atoms with Crippen molar-refractivity contribution in [3.8, 4) is 0 Å². The molecule has 0 radical (unpaired) electrons. The zero-order valence-electron chi connectivity index (χ0n) is 24.2. The molecular formula is C28H47N3O8S. The topological polar surface area (TPSA) is 154 Å². The maximum atomic E-state index is 13.1. The highest BCUT2D eigenvalue weighted by molar-refractivity contribution is 7.80. The molecule has 3 aliphatic rings. The number of hydrogen-bond donors (Lipinski definition) is 4. The van der Waals surface area contributed by atoms with E-state index in [1.165, 1.54) is 4.90 Å². The minimum Gasteiger partial charge on any atom is -0.480 e. The fraction of sp³-hybridized carbons (Fsp3) is 0.821. The number of ether oxygens (including phenoxy) is 1. The monoisotopic (exact) mass is 585 g/mol. The van der Waals surface area contributed by atoms with Gasteiger partial charge < -0.3 is 24.7 Å². The van der Waals surface area contributed by atoms with E-state index in [0.29, 0.717) is 38.2 Å². The molecule has 11 nitrogen and oxygen atoms in total. The summed E-state index contributed by atoms with van der Waals surface area (Å²) in [6, 6.07) is -2.55. The summed E-state index contributed by atoms with van der Waals surface area (Å²) in [5.41, 5.74) is 0. The van der Waals surface area contributed by atoms with Crippen LogP contribution in [0.3, 0.4) is 0 Å². The van der Waals surface area contributed by atoms with Crippen molar-refractivity contribution < 1.29 is 38.9 Å². The second kappa shape index (κ2) is 16.2. The zero-order valence-corrected chi connectivity index (χ0v) is 25.1. The van der Waals surface area contributed by atoms with Crippen LogP contribution < -0.4 is 5.32 Å². The van der Waals surface area contributed by atoms with Crippen molar-refractivity contribution >= 4 is 42.4 Å². The summed E-state index contributed by atoms with van der Waals surface area (Å²) in [6.07, 6.45) is 7.22. The Bertz CT molecular complexity index is 903. The van der Waals surface area contributed by atoms with Crippen molar-refractivity contribution in [1.82, 2.24) is 15.1 Å². The lowest BCUT2D eigenvalue weighted by atomic mass is 9.84. The summed E-state index contributed by atoms with van der Waals surface area (Å²) >= 11 is 4.03. The van der Waals surface area contributed by atoms with Gasteiger partial charge in [-0.25, -0.2) is 9.59 Å². The maximum Gasteiger partial charge on any atom is 0.326 e. The Hall–Kier alpha value is -2.34. The average molecular weight is 586 g/mol. The van der Waals surface area contributed by atoms with Gasteiger partial charge in [-0.05, 0) is 58.3 Å². The first-order valence-corrected chi connectivity index (χ1v) is 15.2. The fourth-order valence-electron chi connectivity index (χ4n) is 6.04. The van der Waals surface area contributed by atoms with Gasteiger partial charge in [0, 0.05) is 24.3 Å². The van der Waals surface area contributed by atoms with Crippen LogP contribution in [0.4, 0.5) is 0 Å². The molecule has 2 amide bonds. The van der Waals surface area contributed by atoms with Crippen LogP contribution in [0.15, 0.2) is 0 Å². The third kappa shape index (κ3) is 8.58. The number of carboxylic acids is 2. The van der Waals surface area contributed by atoms with Crippen LogP contribution in [0.2, 0.25) is 0 Å². The lowest BCUT2D eigenvalue weighted by molar-refractivity contribution is -0.152. The van der Waals surface area contributed by atoms with Gasteiger partial charge in [-0.2, -0.15) is 12.6 Å². The predicted octanol–water partition coefficient (Wildman–Crippen LogP) is 2.57. The highest BCUT2D eigenvalue weighted by Gasteiger charge is 2.48. The van der Waals surface area contributed by atoms with E-state index < -0.39 is 36.1 Å². The maximum absolute atomic E-state index is 13.1. The molecular weight excluding hydrogens is 538 g/mol. The lowest BCUT2D eigenvalue weighted by Crippen LogP contribution is -2.55. The van der Waals surface area contributed by atoms with Crippen LogP contribution in [0.25, 0.3) is 0 Å². The van der Waals surface area contributed by atoms with E-state index in [1.807, 2.05) is 6.92 Å². The van der Waals surface area contributed by atoms with Gasteiger partial charge in [-0.15, -0.1) is 0 Å². The minimum absolute atomic E-state index is 0.00817. The molecule has 12 heteroatoms. The van der Waals surface area contributed by atoms with E-state index >= 15 is 0 Å². The first kappa shape index (κ1) is 33.9. The van der Waals surface area contributed by atoms with Gasteiger partial charge in [0.2, 0.25) is 11.8 Å². The second-order valence-electron chi connectivity index (χ2n) is 11.0. The fourth-order valence-corrected chi connectivity index (χ4v) is 6.20. The number of carboxylic acid groups (broad SMARTS) is 2. The Morgan fingerprint density at radius 1 is 0.950 bits per heavy atom. The zero-order chi connectivity index (χ0) is 30.0. The molecule has 1 saturated carbocycles. The Kier molecular flexibility index (Phi) is 13.7. The predicted molar refractivity (Wildman–Crippen MR) is 152 cm³/mol. The molecule has 7 atom stereocenters. The molecule has 40 heavy (non-hydrogen) atoms. The summed E-state index contributed by atoms with van der Waals surface area (Å²) in [5.74, 6) is -1.97. The summed E-state index contributed by atoms with van der Waals surface area (Å²) in [5, 5.41) is 21.5. The first-order chi connectivity index (χ1) is 19.0. The van der Waals surface area contributed by atoms with Crippen LogP contribution in [0.5, 0.6) is 0 Å². The third-order valence-corrected chi connectivity index (χ3v) is 8.66. The Labute approximate surface area is 242 Å². The molecule has 1 aliphatic carbocycles. The molecule has 3 rings (SSSR count). The van der Waals surface area contributed by atoms with Gasteiger partial charge >= 0.3 is 17.9 Å². The Morgan fingerprint density at radius 2 is 1.60 bits per heavy atom. The molecule has 3 fully saturated rings. The number of aliphatic carboxylic acids is 2. The molecule has 2 aliphatic heterocycles. The molecule has 0 unspecified atom stereocenters.